The number of aryl methyl sites for hydroxylation is 1. The van der Waals surface area contributed by atoms with Crippen LogP contribution in [0, 0.1) is 6.92 Å². The highest BCUT2D eigenvalue weighted by Crippen LogP contribution is 2.24. The minimum Gasteiger partial charge on any atom is -0.466 e. The maximum atomic E-state index is 8.35. The zero-order valence-electron chi connectivity index (χ0n) is 7.90. The quantitative estimate of drug-likeness (QED) is 0.394. The van der Waals surface area contributed by atoms with Crippen LogP contribution in [0.4, 0.5) is 0 Å². The van der Waals surface area contributed by atoms with E-state index in [9.17, 15) is 0 Å². The van der Waals surface area contributed by atoms with Gasteiger partial charge in [-0.2, -0.15) is 0 Å². The van der Waals surface area contributed by atoms with E-state index < -0.39 is 0 Å². The Balaban J connectivity index is 2.81. The molecule has 0 amide bonds. The summed E-state index contributed by atoms with van der Waals surface area (Å²) in [4.78, 5) is 2.81. The van der Waals surface area contributed by atoms with E-state index in [0.29, 0.717) is 0 Å². The van der Waals surface area contributed by atoms with Gasteiger partial charge in [0.2, 0.25) is 0 Å². The van der Waals surface area contributed by atoms with E-state index >= 15 is 0 Å². The highest BCUT2D eigenvalue weighted by atomic mass is 16.3. The summed E-state index contributed by atoms with van der Waals surface area (Å²) in [5.41, 5.74) is 8.35. The van der Waals surface area contributed by atoms with Crippen molar-refractivity contribution in [3.05, 3.63) is 34.1 Å². The lowest BCUT2D eigenvalue weighted by molar-refractivity contribution is 0.432. The van der Waals surface area contributed by atoms with E-state index in [1.807, 2.05) is 19.1 Å². The monoisotopic (exact) mass is 179 g/mol. The zero-order valence-corrected chi connectivity index (χ0v) is 7.90. The summed E-state index contributed by atoms with van der Waals surface area (Å²) in [5.74, 6) is 1.61. The van der Waals surface area contributed by atoms with Gasteiger partial charge in [0.1, 0.15) is 11.5 Å². The molecular formula is C9H13N3O. The molecule has 0 spiro atoms. The molecule has 0 aliphatic carbocycles. The molecule has 13 heavy (non-hydrogen) atoms. The van der Waals surface area contributed by atoms with E-state index in [1.165, 1.54) is 0 Å². The van der Waals surface area contributed by atoms with Crippen molar-refractivity contribution in [3.63, 3.8) is 0 Å². The Hall–Kier alpha value is -1.41. The van der Waals surface area contributed by atoms with Crippen LogP contribution in [0.15, 0.2) is 21.7 Å². The van der Waals surface area contributed by atoms with E-state index in [2.05, 4.69) is 16.9 Å². The lowest BCUT2D eigenvalue weighted by Gasteiger charge is -2.04. The summed E-state index contributed by atoms with van der Waals surface area (Å²) in [6.07, 6.45) is 1.81. The summed E-state index contributed by atoms with van der Waals surface area (Å²) in [7, 11) is 0. The Kier molecular flexibility index (Phi) is 3.41. The Morgan fingerprint density at radius 3 is 2.85 bits per heavy atom. The van der Waals surface area contributed by atoms with Gasteiger partial charge in [0.15, 0.2) is 0 Å². The summed E-state index contributed by atoms with van der Waals surface area (Å²) in [5, 5.41) is 3.68. The van der Waals surface area contributed by atoms with Gasteiger partial charge in [0, 0.05) is 4.91 Å². The number of nitrogens with zero attached hydrogens (tertiary/aromatic N) is 3. The van der Waals surface area contributed by atoms with Gasteiger partial charge in [-0.05, 0) is 31.0 Å². The number of hydrogen-bond acceptors (Lipinski definition) is 2. The third-order valence-electron chi connectivity index (χ3n) is 1.84. The maximum Gasteiger partial charge on any atom is 0.113 e. The molecule has 0 saturated heterocycles. The largest absolute Gasteiger partial charge is 0.466 e. The molecule has 70 valence electrons. The third-order valence-corrected chi connectivity index (χ3v) is 1.84. The van der Waals surface area contributed by atoms with Gasteiger partial charge < -0.3 is 4.42 Å². The average Bonchev–Trinajstić information content (AvgIpc) is 2.51. The van der Waals surface area contributed by atoms with Gasteiger partial charge in [0.25, 0.3) is 0 Å². The Bertz CT molecular complexity index is 312. The van der Waals surface area contributed by atoms with Crippen molar-refractivity contribution < 1.29 is 4.42 Å². The molecule has 0 bridgehead atoms. The standard InChI is InChI=1S/C9H13N3O/c1-3-4-8(11-12-10)9-6-5-7(2)13-9/h5-6,8H,3-4H2,1-2H3. The maximum absolute atomic E-state index is 8.35. The van der Waals surface area contributed by atoms with Crippen molar-refractivity contribution in [1.82, 2.24) is 0 Å². The zero-order chi connectivity index (χ0) is 9.68. The van der Waals surface area contributed by atoms with Crippen molar-refractivity contribution in [1.29, 1.82) is 0 Å². The third kappa shape index (κ3) is 2.53. The molecule has 0 aliphatic rings. The topological polar surface area (TPSA) is 61.9 Å². The Labute approximate surface area is 77.2 Å². The molecule has 1 rings (SSSR count). The highest BCUT2D eigenvalue weighted by molar-refractivity contribution is 5.09. The molecule has 4 nitrogen and oxygen atoms in total. The van der Waals surface area contributed by atoms with Gasteiger partial charge in [-0.25, -0.2) is 0 Å². The smallest absolute Gasteiger partial charge is 0.113 e. The molecule has 1 heterocycles. The van der Waals surface area contributed by atoms with Crippen LogP contribution < -0.4 is 0 Å². The molecule has 1 atom stereocenters. The van der Waals surface area contributed by atoms with Crippen LogP contribution in [-0.2, 0) is 0 Å². The number of furan rings is 1. The van der Waals surface area contributed by atoms with Gasteiger partial charge >= 0.3 is 0 Å². The lowest BCUT2D eigenvalue weighted by atomic mass is 10.1. The second-order valence-corrected chi connectivity index (χ2v) is 2.96. The first-order valence-electron chi connectivity index (χ1n) is 4.38. The molecule has 0 saturated carbocycles. The average molecular weight is 179 g/mol. The first kappa shape index (κ1) is 9.68. The fraction of sp³-hybridized carbons (Fsp3) is 0.556. The van der Waals surface area contributed by atoms with E-state index in [-0.39, 0.29) is 6.04 Å². The molecule has 1 unspecified atom stereocenters. The molecule has 1 aromatic heterocycles. The van der Waals surface area contributed by atoms with E-state index in [1.54, 1.807) is 0 Å². The van der Waals surface area contributed by atoms with Crippen molar-refractivity contribution >= 4 is 0 Å². The Morgan fingerprint density at radius 2 is 2.38 bits per heavy atom. The van der Waals surface area contributed by atoms with Crippen LogP contribution in [-0.4, -0.2) is 0 Å². The van der Waals surface area contributed by atoms with Crippen LogP contribution in [0.5, 0.6) is 0 Å². The number of hydrogen-bond donors (Lipinski definition) is 0. The molecular weight excluding hydrogens is 166 g/mol. The molecule has 0 aliphatic heterocycles. The second kappa shape index (κ2) is 4.58. The molecule has 0 aromatic carbocycles. The van der Waals surface area contributed by atoms with Gasteiger partial charge in [-0.1, -0.05) is 18.5 Å². The fourth-order valence-corrected chi connectivity index (χ4v) is 1.23. The lowest BCUT2D eigenvalue weighted by Crippen LogP contribution is -1.90. The van der Waals surface area contributed by atoms with E-state index in [0.717, 1.165) is 24.4 Å². The number of rotatable bonds is 4. The second-order valence-electron chi connectivity index (χ2n) is 2.96. The molecule has 0 radical (unpaired) electrons. The van der Waals surface area contributed by atoms with Crippen LogP contribution in [0.25, 0.3) is 10.4 Å². The minimum absolute atomic E-state index is 0.149. The van der Waals surface area contributed by atoms with Gasteiger partial charge in [-0.15, -0.1) is 0 Å². The van der Waals surface area contributed by atoms with Gasteiger partial charge in [0.05, 0.1) is 6.04 Å². The summed E-state index contributed by atoms with van der Waals surface area (Å²) >= 11 is 0. The van der Waals surface area contributed by atoms with Crippen molar-refractivity contribution in [2.24, 2.45) is 5.11 Å². The predicted octanol–water partition coefficient (Wildman–Crippen LogP) is 3.74. The predicted molar refractivity (Wildman–Crippen MR) is 50.2 cm³/mol. The molecule has 0 fully saturated rings. The SMILES string of the molecule is CCCC(N=[N+]=[N-])c1ccc(C)o1. The highest BCUT2D eigenvalue weighted by Gasteiger charge is 2.11. The van der Waals surface area contributed by atoms with Crippen LogP contribution in [0.3, 0.4) is 0 Å². The first-order valence-corrected chi connectivity index (χ1v) is 4.38. The Morgan fingerprint density at radius 1 is 1.62 bits per heavy atom. The van der Waals surface area contributed by atoms with Crippen molar-refractivity contribution in [2.75, 3.05) is 0 Å². The van der Waals surface area contributed by atoms with Crippen LogP contribution in [0.1, 0.15) is 37.3 Å². The molecule has 4 heteroatoms. The summed E-state index contributed by atoms with van der Waals surface area (Å²) in [6.45, 7) is 3.93. The van der Waals surface area contributed by atoms with Crippen LogP contribution >= 0.6 is 0 Å². The van der Waals surface area contributed by atoms with Crippen molar-refractivity contribution in [3.8, 4) is 0 Å². The normalized spacial score (nSPS) is 12.2. The number of azide groups is 1. The minimum atomic E-state index is -0.149. The summed E-state index contributed by atoms with van der Waals surface area (Å²) < 4.78 is 5.39. The van der Waals surface area contributed by atoms with E-state index in [4.69, 9.17) is 9.95 Å². The van der Waals surface area contributed by atoms with Crippen molar-refractivity contribution in [2.45, 2.75) is 32.7 Å². The first-order chi connectivity index (χ1) is 6.27. The molecule has 0 N–H and O–H groups in total. The van der Waals surface area contributed by atoms with Gasteiger partial charge in [-0.3, -0.25) is 0 Å². The summed E-state index contributed by atoms with van der Waals surface area (Å²) in [6, 6.07) is 3.60. The molecule has 1 aromatic rings. The van der Waals surface area contributed by atoms with Crippen LogP contribution in [0.2, 0.25) is 0 Å². The fourth-order valence-electron chi connectivity index (χ4n) is 1.23.